The Labute approximate surface area is 141 Å². The molecule has 2 N–H and O–H groups in total. The van der Waals surface area contributed by atoms with Crippen molar-refractivity contribution in [2.24, 2.45) is 5.92 Å². The number of hydrogen-bond donors (Lipinski definition) is 2. The lowest BCUT2D eigenvalue weighted by atomic mass is 10.0. The number of carbonyl (C=O) groups excluding carboxylic acids is 2. The second kappa shape index (κ2) is 9.62. The number of amides is 2. The van der Waals surface area contributed by atoms with Crippen LogP contribution in [0.4, 0.5) is 0 Å². The Morgan fingerprint density at radius 2 is 1.73 bits per heavy atom. The van der Waals surface area contributed by atoms with Gasteiger partial charge < -0.3 is 10.6 Å². The molecule has 1 unspecified atom stereocenters. The quantitative estimate of drug-likeness (QED) is 0.737. The van der Waals surface area contributed by atoms with Crippen LogP contribution in [0.15, 0.2) is 28.7 Å². The summed E-state index contributed by atoms with van der Waals surface area (Å²) in [6, 6.07) is 7.16. The van der Waals surface area contributed by atoms with Crippen molar-refractivity contribution in [1.82, 2.24) is 10.6 Å². The topological polar surface area (TPSA) is 58.2 Å². The van der Waals surface area contributed by atoms with E-state index in [2.05, 4.69) is 40.4 Å². The molecule has 1 rings (SSSR count). The van der Waals surface area contributed by atoms with Gasteiger partial charge >= 0.3 is 0 Å². The first-order chi connectivity index (χ1) is 10.4. The molecule has 1 aromatic carbocycles. The standard InChI is InChI=1S/C17H25BrN2O2/c1-12(2)5-4-6-13(3)20-16(21)11-19-17(22)14-7-9-15(18)10-8-14/h7-10,12-13H,4-6,11H2,1-3H3,(H,19,22)(H,20,21). The Morgan fingerprint density at radius 1 is 1.09 bits per heavy atom. The lowest BCUT2D eigenvalue weighted by Gasteiger charge is -2.15. The average Bonchev–Trinajstić information content (AvgIpc) is 2.45. The van der Waals surface area contributed by atoms with Gasteiger partial charge in [0.25, 0.3) is 5.91 Å². The van der Waals surface area contributed by atoms with Crippen molar-refractivity contribution in [3.63, 3.8) is 0 Å². The summed E-state index contributed by atoms with van der Waals surface area (Å²) >= 11 is 3.32. The predicted molar refractivity (Wildman–Crippen MR) is 92.8 cm³/mol. The van der Waals surface area contributed by atoms with Crippen LogP contribution in [0.2, 0.25) is 0 Å². The molecule has 1 aromatic rings. The van der Waals surface area contributed by atoms with E-state index in [0.717, 1.165) is 17.3 Å². The zero-order valence-electron chi connectivity index (χ0n) is 13.5. The minimum Gasteiger partial charge on any atom is -0.352 e. The third-order valence-corrected chi connectivity index (χ3v) is 3.87. The molecule has 4 nitrogen and oxygen atoms in total. The van der Waals surface area contributed by atoms with Crippen LogP contribution in [0, 0.1) is 5.92 Å². The molecule has 0 saturated carbocycles. The Kier molecular flexibility index (Phi) is 8.17. The summed E-state index contributed by atoms with van der Waals surface area (Å²) < 4.78 is 0.914. The van der Waals surface area contributed by atoms with Gasteiger partial charge in [0.2, 0.25) is 5.91 Å². The molecule has 1 atom stereocenters. The van der Waals surface area contributed by atoms with Gasteiger partial charge in [0.15, 0.2) is 0 Å². The van der Waals surface area contributed by atoms with Crippen molar-refractivity contribution >= 4 is 27.7 Å². The fourth-order valence-electron chi connectivity index (χ4n) is 2.09. The van der Waals surface area contributed by atoms with Crippen LogP contribution < -0.4 is 10.6 Å². The largest absolute Gasteiger partial charge is 0.352 e. The van der Waals surface area contributed by atoms with Crippen LogP contribution in [-0.4, -0.2) is 24.4 Å². The van der Waals surface area contributed by atoms with Gasteiger partial charge in [0.05, 0.1) is 6.54 Å². The molecule has 0 saturated heterocycles. The number of halogens is 1. The fourth-order valence-corrected chi connectivity index (χ4v) is 2.36. The van der Waals surface area contributed by atoms with Gasteiger partial charge in [-0.1, -0.05) is 42.6 Å². The van der Waals surface area contributed by atoms with Crippen LogP contribution >= 0.6 is 15.9 Å². The first kappa shape index (κ1) is 18.7. The Balaban J connectivity index is 2.27. The van der Waals surface area contributed by atoms with E-state index in [1.807, 2.05) is 6.92 Å². The molecular formula is C17H25BrN2O2. The summed E-state index contributed by atoms with van der Waals surface area (Å²) in [5.41, 5.74) is 0.543. The van der Waals surface area contributed by atoms with E-state index in [9.17, 15) is 9.59 Å². The molecule has 0 fully saturated rings. The minimum absolute atomic E-state index is 0.00339. The number of nitrogens with one attached hydrogen (secondary N) is 2. The highest BCUT2D eigenvalue weighted by Crippen LogP contribution is 2.10. The summed E-state index contributed by atoms with van der Waals surface area (Å²) in [4.78, 5) is 23.7. The Morgan fingerprint density at radius 3 is 2.32 bits per heavy atom. The number of hydrogen-bond acceptors (Lipinski definition) is 2. The molecule has 122 valence electrons. The van der Waals surface area contributed by atoms with E-state index < -0.39 is 0 Å². The van der Waals surface area contributed by atoms with Gasteiger partial charge in [-0.2, -0.15) is 0 Å². The van der Waals surface area contributed by atoms with Crippen LogP contribution in [0.25, 0.3) is 0 Å². The van der Waals surface area contributed by atoms with E-state index in [0.29, 0.717) is 11.5 Å². The normalized spacial score (nSPS) is 12.0. The molecule has 0 aliphatic carbocycles. The predicted octanol–water partition coefficient (Wildman–Crippen LogP) is 3.51. The van der Waals surface area contributed by atoms with Gasteiger partial charge in [-0.15, -0.1) is 0 Å². The molecule has 0 radical (unpaired) electrons. The summed E-state index contributed by atoms with van der Waals surface area (Å²) in [5, 5.41) is 5.54. The van der Waals surface area contributed by atoms with Crippen molar-refractivity contribution in [3.8, 4) is 0 Å². The van der Waals surface area contributed by atoms with Gasteiger partial charge in [-0.25, -0.2) is 0 Å². The Bertz CT molecular complexity index is 486. The minimum atomic E-state index is -0.241. The molecule has 0 bridgehead atoms. The highest BCUT2D eigenvalue weighted by atomic mass is 79.9. The maximum absolute atomic E-state index is 11.9. The molecule has 5 heteroatoms. The maximum Gasteiger partial charge on any atom is 0.251 e. The first-order valence-corrected chi connectivity index (χ1v) is 8.51. The average molecular weight is 369 g/mol. The van der Waals surface area contributed by atoms with Crippen molar-refractivity contribution in [1.29, 1.82) is 0 Å². The van der Waals surface area contributed by atoms with Gasteiger partial charge in [-0.05, 0) is 43.5 Å². The van der Waals surface area contributed by atoms with Crippen molar-refractivity contribution < 1.29 is 9.59 Å². The molecule has 0 aliphatic rings. The third kappa shape index (κ3) is 7.59. The van der Waals surface area contributed by atoms with Gasteiger partial charge in [0.1, 0.15) is 0 Å². The molecule has 0 aliphatic heterocycles. The number of rotatable bonds is 8. The van der Waals surface area contributed by atoms with Crippen LogP contribution in [0.3, 0.4) is 0 Å². The lowest BCUT2D eigenvalue weighted by Crippen LogP contribution is -2.40. The number of benzene rings is 1. The monoisotopic (exact) mass is 368 g/mol. The summed E-state index contributed by atoms with van der Waals surface area (Å²) in [7, 11) is 0. The molecule has 0 heterocycles. The molecule has 0 spiro atoms. The van der Waals surface area contributed by atoms with Gasteiger partial charge in [-0.3, -0.25) is 9.59 Å². The fraction of sp³-hybridized carbons (Fsp3) is 0.529. The molecule has 22 heavy (non-hydrogen) atoms. The van der Waals surface area contributed by atoms with Crippen LogP contribution in [-0.2, 0) is 4.79 Å². The van der Waals surface area contributed by atoms with Crippen molar-refractivity contribution in [2.75, 3.05) is 6.54 Å². The van der Waals surface area contributed by atoms with E-state index in [4.69, 9.17) is 0 Å². The van der Waals surface area contributed by atoms with E-state index in [1.54, 1.807) is 24.3 Å². The zero-order valence-corrected chi connectivity index (χ0v) is 15.1. The van der Waals surface area contributed by atoms with Gasteiger partial charge in [0, 0.05) is 16.1 Å². The molecule has 2 amide bonds. The lowest BCUT2D eigenvalue weighted by molar-refractivity contribution is -0.120. The third-order valence-electron chi connectivity index (χ3n) is 3.34. The smallest absolute Gasteiger partial charge is 0.251 e. The highest BCUT2D eigenvalue weighted by Gasteiger charge is 2.10. The van der Waals surface area contributed by atoms with E-state index in [-0.39, 0.29) is 24.4 Å². The summed E-state index contributed by atoms with van der Waals surface area (Å²) in [6.07, 6.45) is 3.23. The van der Waals surface area contributed by atoms with Crippen LogP contribution in [0.5, 0.6) is 0 Å². The van der Waals surface area contributed by atoms with E-state index in [1.165, 1.54) is 6.42 Å². The summed E-state index contributed by atoms with van der Waals surface area (Å²) in [5.74, 6) is 0.297. The molecular weight excluding hydrogens is 344 g/mol. The maximum atomic E-state index is 11.9. The van der Waals surface area contributed by atoms with Crippen LogP contribution in [0.1, 0.15) is 50.4 Å². The van der Waals surface area contributed by atoms with Crippen molar-refractivity contribution in [3.05, 3.63) is 34.3 Å². The molecule has 0 aromatic heterocycles. The highest BCUT2D eigenvalue weighted by molar-refractivity contribution is 9.10. The second-order valence-corrected chi connectivity index (χ2v) is 6.90. The Hall–Kier alpha value is -1.36. The SMILES string of the molecule is CC(C)CCCC(C)NC(=O)CNC(=O)c1ccc(Br)cc1. The first-order valence-electron chi connectivity index (χ1n) is 7.71. The van der Waals surface area contributed by atoms with Crippen molar-refractivity contribution in [2.45, 2.75) is 46.1 Å². The summed E-state index contributed by atoms with van der Waals surface area (Å²) in [6.45, 7) is 6.39. The second-order valence-electron chi connectivity index (χ2n) is 5.98. The van der Waals surface area contributed by atoms with E-state index >= 15 is 0 Å². The zero-order chi connectivity index (χ0) is 16.5. The number of carbonyl (C=O) groups is 2.